The smallest absolute Gasteiger partial charge is 0.0127 e. The van der Waals surface area contributed by atoms with Crippen LogP contribution in [0.5, 0.6) is 0 Å². The highest BCUT2D eigenvalue weighted by Gasteiger charge is 2.41. The predicted octanol–water partition coefficient (Wildman–Crippen LogP) is 2.83. The first kappa shape index (κ1) is 7.54. The molecule has 0 aromatic rings. The first-order chi connectivity index (χ1) is 3.96. The Hall–Kier alpha value is 0.430. The van der Waals surface area contributed by atoms with E-state index < -0.39 is 0 Å². The van der Waals surface area contributed by atoms with Gasteiger partial charge in [0.15, 0.2) is 0 Å². The molecule has 1 heteroatoms. The predicted molar refractivity (Wildman–Crippen MR) is 45.7 cm³/mol. The van der Waals surface area contributed by atoms with Crippen molar-refractivity contribution in [1.82, 2.24) is 0 Å². The Kier molecular flexibility index (Phi) is 1.64. The Bertz CT molecular complexity index is 99.7. The average Bonchev–Trinajstić information content (AvgIpc) is 1.81. The molecule has 0 amide bonds. The van der Waals surface area contributed by atoms with Crippen LogP contribution in [0.1, 0.15) is 40.0 Å². The van der Waals surface area contributed by atoms with Crippen LogP contribution in [0, 0.1) is 5.41 Å². The Balaban J connectivity index is 2.75. The van der Waals surface area contributed by atoms with Gasteiger partial charge >= 0.3 is 0 Å². The summed E-state index contributed by atoms with van der Waals surface area (Å²) in [5.41, 5.74) is 0.553. The van der Waals surface area contributed by atoms with Crippen molar-refractivity contribution in [2.45, 2.75) is 45.2 Å². The summed E-state index contributed by atoms with van der Waals surface area (Å²) in [5, 5.41) is 0.507. The van der Waals surface area contributed by atoms with Crippen LogP contribution in [0.3, 0.4) is 0 Å². The monoisotopic (exact) mass is 144 g/mol. The van der Waals surface area contributed by atoms with Crippen molar-refractivity contribution in [2.24, 2.45) is 5.41 Å². The first-order valence-electron chi connectivity index (χ1n) is 3.75. The maximum atomic E-state index is 3.00. The molecule has 0 nitrogen and oxygen atoms in total. The molecule has 2 unspecified atom stereocenters. The lowest BCUT2D eigenvalue weighted by Gasteiger charge is -2.34. The molecular weight excluding hydrogens is 127 g/mol. The molecular formula is C8H17P. The maximum absolute atomic E-state index is 3.00. The second kappa shape index (κ2) is 1.95. The molecule has 0 aromatic heterocycles. The largest absolute Gasteiger partial charge is 0.131 e. The summed E-state index contributed by atoms with van der Waals surface area (Å²) in [6.07, 6.45) is 4.19. The first-order valence-corrected chi connectivity index (χ1v) is 4.32. The van der Waals surface area contributed by atoms with E-state index >= 15 is 0 Å². The topological polar surface area (TPSA) is 0 Å². The van der Waals surface area contributed by atoms with Crippen molar-refractivity contribution >= 4 is 9.24 Å². The minimum Gasteiger partial charge on any atom is -0.131 e. The molecule has 1 fully saturated rings. The highest BCUT2D eigenvalue weighted by atomic mass is 31.0. The van der Waals surface area contributed by atoms with Gasteiger partial charge in [0.05, 0.1) is 0 Å². The molecule has 1 aliphatic rings. The lowest BCUT2D eigenvalue weighted by molar-refractivity contribution is 0.314. The second-order valence-electron chi connectivity index (χ2n) is 4.15. The Morgan fingerprint density at radius 3 is 1.78 bits per heavy atom. The van der Waals surface area contributed by atoms with E-state index in [2.05, 4.69) is 30.0 Å². The van der Waals surface area contributed by atoms with E-state index in [1.807, 2.05) is 0 Å². The standard InChI is InChI=1S/C8H17P/c1-7(2)5-4-6-8(7,3)9/h4-6,9H2,1-3H3. The maximum Gasteiger partial charge on any atom is -0.0127 e. The molecule has 0 aromatic carbocycles. The highest BCUT2D eigenvalue weighted by molar-refractivity contribution is 7.19. The third-order valence-electron chi connectivity index (χ3n) is 3.04. The van der Waals surface area contributed by atoms with Crippen molar-refractivity contribution in [3.05, 3.63) is 0 Å². The molecule has 0 spiro atoms. The van der Waals surface area contributed by atoms with Crippen LogP contribution in [0.25, 0.3) is 0 Å². The van der Waals surface area contributed by atoms with Crippen molar-refractivity contribution in [3.63, 3.8) is 0 Å². The van der Waals surface area contributed by atoms with Crippen LogP contribution in [0.2, 0.25) is 0 Å². The van der Waals surface area contributed by atoms with Gasteiger partial charge < -0.3 is 0 Å². The van der Waals surface area contributed by atoms with Crippen molar-refractivity contribution in [1.29, 1.82) is 0 Å². The van der Waals surface area contributed by atoms with E-state index in [-0.39, 0.29) is 0 Å². The fourth-order valence-electron chi connectivity index (χ4n) is 1.52. The SMILES string of the molecule is CC1(C)CCCC1(C)P. The number of rotatable bonds is 0. The van der Waals surface area contributed by atoms with Crippen LogP contribution in [0.4, 0.5) is 0 Å². The Labute approximate surface area is 60.6 Å². The summed E-state index contributed by atoms with van der Waals surface area (Å²) in [6.45, 7) is 7.09. The molecule has 54 valence electrons. The summed E-state index contributed by atoms with van der Waals surface area (Å²) in [7, 11) is 3.00. The van der Waals surface area contributed by atoms with Gasteiger partial charge in [-0.3, -0.25) is 0 Å². The molecule has 2 atom stereocenters. The summed E-state index contributed by atoms with van der Waals surface area (Å²) in [5.74, 6) is 0. The van der Waals surface area contributed by atoms with Gasteiger partial charge in [-0.1, -0.05) is 27.2 Å². The fourth-order valence-corrected chi connectivity index (χ4v) is 1.87. The molecule has 1 aliphatic carbocycles. The molecule has 9 heavy (non-hydrogen) atoms. The zero-order valence-electron chi connectivity index (χ0n) is 6.70. The van der Waals surface area contributed by atoms with E-state index in [0.29, 0.717) is 10.6 Å². The minimum absolute atomic E-state index is 0.507. The lowest BCUT2D eigenvalue weighted by Crippen LogP contribution is -2.29. The number of hydrogen-bond acceptors (Lipinski definition) is 0. The Morgan fingerprint density at radius 2 is 1.67 bits per heavy atom. The van der Waals surface area contributed by atoms with E-state index in [1.165, 1.54) is 19.3 Å². The van der Waals surface area contributed by atoms with Gasteiger partial charge in [0.2, 0.25) is 0 Å². The Morgan fingerprint density at radius 1 is 1.11 bits per heavy atom. The van der Waals surface area contributed by atoms with Gasteiger partial charge in [-0.15, -0.1) is 9.24 Å². The zero-order chi connectivity index (χ0) is 7.12. The summed E-state index contributed by atoms with van der Waals surface area (Å²) in [6, 6.07) is 0. The zero-order valence-corrected chi connectivity index (χ0v) is 7.85. The fraction of sp³-hybridized carbons (Fsp3) is 1.00. The quantitative estimate of drug-likeness (QED) is 0.458. The summed E-state index contributed by atoms with van der Waals surface area (Å²) in [4.78, 5) is 0. The van der Waals surface area contributed by atoms with Crippen LogP contribution >= 0.6 is 9.24 Å². The molecule has 0 radical (unpaired) electrons. The van der Waals surface area contributed by atoms with Crippen LogP contribution in [0.15, 0.2) is 0 Å². The normalized spacial score (nSPS) is 41.3. The van der Waals surface area contributed by atoms with Gasteiger partial charge in [-0.25, -0.2) is 0 Å². The van der Waals surface area contributed by atoms with Crippen molar-refractivity contribution in [3.8, 4) is 0 Å². The highest BCUT2D eigenvalue weighted by Crippen LogP contribution is 2.51. The van der Waals surface area contributed by atoms with Crippen molar-refractivity contribution < 1.29 is 0 Å². The lowest BCUT2D eigenvalue weighted by atomic mass is 9.82. The minimum atomic E-state index is 0.507. The third kappa shape index (κ3) is 1.15. The third-order valence-corrected chi connectivity index (χ3v) is 4.11. The van der Waals surface area contributed by atoms with Crippen LogP contribution < -0.4 is 0 Å². The van der Waals surface area contributed by atoms with Gasteiger partial charge in [0.25, 0.3) is 0 Å². The summed E-state index contributed by atoms with van der Waals surface area (Å²) < 4.78 is 0. The molecule has 0 N–H and O–H groups in total. The van der Waals surface area contributed by atoms with E-state index in [9.17, 15) is 0 Å². The number of hydrogen-bond donors (Lipinski definition) is 0. The van der Waals surface area contributed by atoms with Gasteiger partial charge in [-0.2, -0.15) is 0 Å². The average molecular weight is 144 g/mol. The van der Waals surface area contributed by atoms with Gasteiger partial charge in [0.1, 0.15) is 0 Å². The molecule has 0 bridgehead atoms. The van der Waals surface area contributed by atoms with Gasteiger partial charge in [0, 0.05) is 0 Å². The second-order valence-corrected chi connectivity index (χ2v) is 5.43. The van der Waals surface area contributed by atoms with Crippen LogP contribution in [-0.4, -0.2) is 5.16 Å². The molecule has 0 heterocycles. The molecule has 0 saturated heterocycles. The van der Waals surface area contributed by atoms with E-state index in [4.69, 9.17) is 0 Å². The van der Waals surface area contributed by atoms with Crippen LogP contribution in [-0.2, 0) is 0 Å². The molecule has 0 aliphatic heterocycles. The molecule has 1 rings (SSSR count). The van der Waals surface area contributed by atoms with Crippen molar-refractivity contribution in [2.75, 3.05) is 0 Å². The van der Waals surface area contributed by atoms with E-state index in [1.54, 1.807) is 0 Å². The van der Waals surface area contributed by atoms with Gasteiger partial charge in [-0.05, 0) is 23.4 Å². The summed E-state index contributed by atoms with van der Waals surface area (Å²) >= 11 is 0. The molecule has 1 saturated carbocycles. The van der Waals surface area contributed by atoms with E-state index in [0.717, 1.165) is 0 Å².